The van der Waals surface area contributed by atoms with Gasteiger partial charge in [0.05, 0.1) is 4.90 Å². The zero-order valence-electron chi connectivity index (χ0n) is 16.0. The van der Waals surface area contributed by atoms with Gasteiger partial charge in [-0.3, -0.25) is 4.79 Å². The molecule has 2 N–H and O–H groups in total. The summed E-state index contributed by atoms with van der Waals surface area (Å²) in [5, 5.41) is 2.97. The summed E-state index contributed by atoms with van der Waals surface area (Å²) in [6, 6.07) is 3.58. The highest BCUT2D eigenvalue weighted by Crippen LogP contribution is 2.32. The molecule has 2 rings (SSSR count). The van der Waals surface area contributed by atoms with E-state index in [-0.39, 0.29) is 29.1 Å². The first-order chi connectivity index (χ1) is 12.3. The van der Waals surface area contributed by atoms with Gasteiger partial charge in [-0.1, -0.05) is 13.8 Å². The third kappa shape index (κ3) is 5.97. The van der Waals surface area contributed by atoms with Crippen LogP contribution in [0.25, 0.3) is 0 Å². The third-order valence-corrected chi connectivity index (χ3v) is 5.55. The molecule has 8 nitrogen and oxygen atoms in total. The number of nitrogens with zero attached hydrogens (tertiary/aromatic N) is 1. The Morgan fingerprint density at radius 3 is 2.44 bits per heavy atom. The summed E-state index contributed by atoms with van der Waals surface area (Å²) in [4.78, 5) is 14.2. The number of halogens is 1. The quantitative estimate of drug-likeness (QED) is 0.646. The average molecular weight is 422 g/mol. The van der Waals surface area contributed by atoms with Gasteiger partial charge in [-0.2, -0.15) is 4.72 Å². The van der Waals surface area contributed by atoms with Crippen molar-refractivity contribution in [1.29, 1.82) is 0 Å². The molecule has 0 saturated heterocycles. The summed E-state index contributed by atoms with van der Waals surface area (Å²) < 4.78 is 39.0. The van der Waals surface area contributed by atoms with Crippen LogP contribution in [0.1, 0.15) is 13.8 Å². The van der Waals surface area contributed by atoms with Crippen LogP contribution >= 0.6 is 12.4 Å². The second-order valence-electron chi connectivity index (χ2n) is 6.51. The lowest BCUT2D eigenvalue weighted by Crippen LogP contribution is -2.51. The van der Waals surface area contributed by atoms with E-state index in [4.69, 9.17) is 9.47 Å². The van der Waals surface area contributed by atoms with Gasteiger partial charge < -0.3 is 19.7 Å². The van der Waals surface area contributed by atoms with Crippen LogP contribution in [0.4, 0.5) is 0 Å². The van der Waals surface area contributed by atoms with Crippen molar-refractivity contribution in [1.82, 2.24) is 14.9 Å². The van der Waals surface area contributed by atoms with E-state index in [1.54, 1.807) is 34.0 Å². The highest BCUT2D eigenvalue weighted by molar-refractivity contribution is 7.89. The Kier molecular flexibility index (Phi) is 8.80. The van der Waals surface area contributed by atoms with Crippen molar-refractivity contribution < 1.29 is 22.7 Å². The van der Waals surface area contributed by atoms with E-state index in [1.807, 2.05) is 0 Å². The van der Waals surface area contributed by atoms with E-state index in [9.17, 15) is 13.2 Å². The molecule has 10 heteroatoms. The van der Waals surface area contributed by atoms with E-state index in [2.05, 4.69) is 10.0 Å². The van der Waals surface area contributed by atoms with Crippen molar-refractivity contribution in [3.63, 3.8) is 0 Å². The number of carbonyl (C=O) groups excluding carboxylic acids is 1. The largest absolute Gasteiger partial charge is 0.486 e. The van der Waals surface area contributed by atoms with E-state index in [0.29, 0.717) is 37.8 Å². The van der Waals surface area contributed by atoms with Gasteiger partial charge >= 0.3 is 0 Å². The lowest BCUT2D eigenvalue weighted by atomic mass is 10.0. The van der Waals surface area contributed by atoms with E-state index >= 15 is 0 Å². The minimum absolute atomic E-state index is 0. The SMILES string of the molecule is CNCCN(C)C(=O)C(NS(=O)(=O)c1ccc2c(c1)OCCO2)C(C)C.Cl. The number of nitrogens with one attached hydrogen (secondary N) is 2. The molecule has 1 aliphatic rings. The first kappa shape index (κ1) is 23.5. The van der Waals surface area contributed by atoms with Crippen LogP contribution in [0.5, 0.6) is 11.5 Å². The molecule has 0 aliphatic carbocycles. The van der Waals surface area contributed by atoms with Gasteiger partial charge in [-0.15, -0.1) is 12.4 Å². The number of benzene rings is 1. The number of hydrogen-bond donors (Lipinski definition) is 2. The van der Waals surface area contributed by atoms with Gasteiger partial charge in [0.25, 0.3) is 0 Å². The molecular formula is C17H28ClN3O5S. The van der Waals surface area contributed by atoms with Gasteiger partial charge in [0.15, 0.2) is 11.5 Å². The maximum atomic E-state index is 12.8. The van der Waals surface area contributed by atoms with Gasteiger partial charge in [0.1, 0.15) is 19.3 Å². The molecule has 1 aromatic carbocycles. The number of carbonyl (C=O) groups is 1. The Labute approximate surface area is 167 Å². The van der Waals surface area contributed by atoms with Gasteiger partial charge in [-0.25, -0.2) is 8.42 Å². The van der Waals surface area contributed by atoms with Crippen LogP contribution in [0.3, 0.4) is 0 Å². The fourth-order valence-electron chi connectivity index (χ4n) is 2.52. The van der Waals surface area contributed by atoms with Gasteiger partial charge in [0, 0.05) is 26.2 Å². The van der Waals surface area contributed by atoms with Crippen LogP contribution in [-0.4, -0.2) is 65.7 Å². The molecule has 1 heterocycles. The molecule has 1 unspecified atom stereocenters. The van der Waals surface area contributed by atoms with Gasteiger partial charge in [-0.05, 0) is 25.1 Å². The molecule has 154 valence electrons. The molecule has 0 radical (unpaired) electrons. The highest BCUT2D eigenvalue weighted by Gasteiger charge is 2.31. The molecule has 0 spiro atoms. The summed E-state index contributed by atoms with van der Waals surface area (Å²) in [5.41, 5.74) is 0. The fourth-order valence-corrected chi connectivity index (χ4v) is 3.88. The monoisotopic (exact) mass is 421 g/mol. The first-order valence-corrected chi connectivity index (χ1v) is 10.1. The van der Waals surface area contributed by atoms with E-state index in [1.165, 1.54) is 17.0 Å². The van der Waals surface area contributed by atoms with Crippen molar-refractivity contribution in [3.8, 4) is 11.5 Å². The number of amides is 1. The number of hydrogen-bond acceptors (Lipinski definition) is 6. The van der Waals surface area contributed by atoms with Crippen LogP contribution in [0, 0.1) is 5.92 Å². The Balaban J connectivity index is 0.00000364. The van der Waals surface area contributed by atoms with Gasteiger partial charge in [0.2, 0.25) is 15.9 Å². The topological polar surface area (TPSA) is 97.0 Å². The smallest absolute Gasteiger partial charge is 0.241 e. The molecule has 0 bridgehead atoms. The maximum Gasteiger partial charge on any atom is 0.241 e. The predicted octanol–water partition coefficient (Wildman–Crippen LogP) is 0.860. The minimum atomic E-state index is -3.89. The number of likely N-dealkylation sites (N-methyl/N-ethyl adjacent to an activating group) is 2. The van der Waals surface area contributed by atoms with Crippen molar-refractivity contribution in [2.75, 3.05) is 40.4 Å². The zero-order chi connectivity index (χ0) is 19.3. The first-order valence-electron chi connectivity index (χ1n) is 8.58. The van der Waals surface area contributed by atoms with E-state index < -0.39 is 16.1 Å². The molecule has 1 amide bonds. The molecule has 1 aliphatic heterocycles. The molecule has 0 fully saturated rings. The second-order valence-corrected chi connectivity index (χ2v) is 8.23. The molecule has 0 saturated carbocycles. The van der Waals surface area contributed by atoms with E-state index in [0.717, 1.165) is 0 Å². The van der Waals surface area contributed by atoms with Crippen molar-refractivity contribution in [2.45, 2.75) is 24.8 Å². The van der Waals surface area contributed by atoms with Crippen molar-refractivity contribution >= 4 is 28.3 Å². The van der Waals surface area contributed by atoms with Crippen molar-refractivity contribution in [2.24, 2.45) is 5.92 Å². The third-order valence-electron chi connectivity index (χ3n) is 4.11. The standard InChI is InChI=1S/C17H27N3O5S.ClH/c1-12(2)16(17(21)20(4)8-7-18-3)19-26(22,23)13-5-6-14-15(11-13)25-10-9-24-14;/h5-6,11-12,16,18-19H,7-10H2,1-4H3;1H. The molecule has 0 aromatic heterocycles. The van der Waals surface area contributed by atoms with Crippen LogP contribution in [-0.2, 0) is 14.8 Å². The Hall–Kier alpha value is -1.55. The fraction of sp³-hybridized carbons (Fsp3) is 0.588. The summed E-state index contributed by atoms with van der Waals surface area (Å²) in [5.74, 6) is 0.430. The second kappa shape index (κ2) is 10.1. The summed E-state index contributed by atoms with van der Waals surface area (Å²) in [6.45, 7) is 5.53. The number of sulfonamides is 1. The number of ether oxygens (including phenoxy) is 2. The lowest BCUT2D eigenvalue weighted by molar-refractivity contribution is -0.132. The summed E-state index contributed by atoms with van der Waals surface area (Å²) in [6.07, 6.45) is 0. The maximum absolute atomic E-state index is 12.8. The predicted molar refractivity (Wildman–Crippen MR) is 105 cm³/mol. The number of rotatable bonds is 8. The Morgan fingerprint density at radius 2 is 1.85 bits per heavy atom. The molecule has 1 aromatic rings. The Bertz CT molecular complexity index is 742. The summed E-state index contributed by atoms with van der Waals surface area (Å²) >= 11 is 0. The molecule has 1 atom stereocenters. The lowest BCUT2D eigenvalue weighted by Gasteiger charge is -2.27. The Morgan fingerprint density at radius 1 is 1.22 bits per heavy atom. The van der Waals surface area contributed by atoms with Crippen LogP contribution in [0.2, 0.25) is 0 Å². The van der Waals surface area contributed by atoms with Crippen molar-refractivity contribution in [3.05, 3.63) is 18.2 Å². The van der Waals surface area contributed by atoms with Crippen LogP contribution < -0.4 is 19.5 Å². The summed E-state index contributed by atoms with van der Waals surface area (Å²) in [7, 11) is -0.431. The average Bonchev–Trinajstić information content (AvgIpc) is 2.63. The van der Waals surface area contributed by atoms with Crippen LogP contribution in [0.15, 0.2) is 23.1 Å². The zero-order valence-corrected chi connectivity index (χ0v) is 17.7. The normalized spacial score (nSPS) is 14.4. The molecular weight excluding hydrogens is 394 g/mol. The molecule has 27 heavy (non-hydrogen) atoms. The number of fused-ring (bicyclic) bond motifs is 1. The minimum Gasteiger partial charge on any atom is -0.486 e. The highest BCUT2D eigenvalue weighted by atomic mass is 35.5.